The average molecular weight is 297 g/mol. The summed E-state index contributed by atoms with van der Waals surface area (Å²) in [6, 6.07) is 4.66. The molecule has 1 aromatic heterocycles. The summed E-state index contributed by atoms with van der Waals surface area (Å²) < 4.78 is 10.9. The molecule has 0 fully saturated rings. The highest BCUT2D eigenvalue weighted by molar-refractivity contribution is 6.30. The highest BCUT2D eigenvalue weighted by Crippen LogP contribution is 2.33. The minimum Gasteiger partial charge on any atom is -0.507 e. The molecule has 0 aliphatic carbocycles. The maximum Gasteiger partial charge on any atom is 0.261 e. The minimum absolute atomic E-state index is 0.0409. The van der Waals surface area contributed by atoms with Gasteiger partial charge in [-0.1, -0.05) is 23.7 Å². The number of ether oxygens (including phenoxy) is 1. The Kier molecular flexibility index (Phi) is 4.30. The standard InChI is InChI=1S/C14H17ClN2O3/c1-4-14(3,19-5-2)13-16-12(20-17-13)10-8-9(15)6-7-11(10)18/h6-8,18H,4-5H2,1-3H3. The van der Waals surface area contributed by atoms with Crippen molar-refractivity contribution in [1.82, 2.24) is 10.1 Å². The van der Waals surface area contributed by atoms with Gasteiger partial charge in [0.1, 0.15) is 11.4 Å². The van der Waals surface area contributed by atoms with E-state index in [-0.39, 0.29) is 11.6 Å². The van der Waals surface area contributed by atoms with Gasteiger partial charge in [0, 0.05) is 11.6 Å². The van der Waals surface area contributed by atoms with Crippen LogP contribution in [0.25, 0.3) is 11.5 Å². The van der Waals surface area contributed by atoms with Gasteiger partial charge in [0.25, 0.3) is 5.89 Å². The fraction of sp³-hybridized carbons (Fsp3) is 0.429. The molecule has 0 bridgehead atoms. The third kappa shape index (κ3) is 2.78. The number of hydrogen-bond acceptors (Lipinski definition) is 5. The molecule has 1 unspecified atom stereocenters. The lowest BCUT2D eigenvalue weighted by molar-refractivity contribution is -0.0403. The first kappa shape index (κ1) is 14.8. The lowest BCUT2D eigenvalue weighted by Gasteiger charge is -2.23. The summed E-state index contributed by atoms with van der Waals surface area (Å²) in [7, 11) is 0. The molecule has 0 amide bonds. The number of phenols is 1. The van der Waals surface area contributed by atoms with Gasteiger partial charge in [-0.3, -0.25) is 0 Å². The summed E-state index contributed by atoms with van der Waals surface area (Å²) in [6.07, 6.45) is 0.710. The van der Waals surface area contributed by atoms with Gasteiger partial charge >= 0.3 is 0 Å². The number of aromatic hydroxyl groups is 1. The molecule has 2 rings (SSSR count). The second-order valence-corrected chi connectivity index (χ2v) is 5.04. The van der Waals surface area contributed by atoms with Gasteiger partial charge in [-0.2, -0.15) is 4.98 Å². The molecular weight excluding hydrogens is 280 g/mol. The van der Waals surface area contributed by atoms with Gasteiger partial charge < -0.3 is 14.4 Å². The molecule has 108 valence electrons. The molecule has 20 heavy (non-hydrogen) atoms. The van der Waals surface area contributed by atoms with Crippen LogP contribution in [-0.4, -0.2) is 21.9 Å². The van der Waals surface area contributed by atoms with Crippen LogP contribution in [-0.2, 0) is 10.3 Å². The Bertz CT molecular complexity index is 600. The van der Waals surface area contributed by atoms with Gasteiger partial charge in [0.15, 0.2) is 0 Å². The molecule has 0 saturated carbocycles. The first-order chi connectivity index (χ1) is 9.50. The van der Waals surface area contributed by atoms with Gasteiger partial charge in [0.05, 0.1) is 5.56 Å². The van der Waals surface area contributed by atoms with Crippen LogP contribution in [0.1, 0.15) is 33.0 Å². The second-order valence-electron chi connectivity index (χ2n) is 4.60. The molecule has 1 heterocycles. The van der Waals surface area contributed by atoms with E-state index in [2.05, 4.69) is 10.1 Å². The molecule has 0 aliphatic rings. The summed E-state index contributed by atoms with van der Waals surface area (Å²) >= 11 is 5.91. The van der Waals surface area contributed by atoms with E-state index in [0.717, 1.165) is 0 Å². The number of benzene rings is 1. The van der Waals surface area contributed by atoms with Crippen LogP contribution in [0.5, 0.6) is 5.75 Å². The van der Waals surface area contributed by atoms with Crippen molar-refractivity contribution in [3.63, 3.8) is 0 Å². The average Bonchev–Trinajstić information content (AvgIpc) is 2.92. The van der Waals surface area contributed by atoms with Crippen LogP contribution in [0.4, 0.5) is 0 Å². The first-order valence-electron chi connectivity index (χ1n) is 6.47. The monoisotopic (exact) mass is 296 g/mol. The smallest absolute Gasteiger partial charge is 0.261 e. The summed E-state index contributed by atoms with van der Waals surface area (Å²) in [5, 5.41) is 14.3. The van der Waals surface area contributed by atoms with E-state index in [9.17, 15) is 5.11 Å². The van der Waals surface area contributed by atoms with Crippen molar-refractivity contribution in [1.29, 1.82) is 0 Å². The summed E-state index contributed by atoms with van der Waals surface area (Å²) in [5.74, 6) is 0.717. The van der Waals surface area contributed by atoms with Crippen molar-refractivity contribution in [2.24, 2.45) is 0 Å². The third-order valence-corrected chi connectivity index (χ3v) is 3.46. The number of rotatable bonds is 5. The fourth-order valence-corrected chi connectivity index (χ4v) is 2.04. The second kappa shape index (κ2) is 5.81. The minimum atomic E-state index is -0.606. The van der Waals surface area contributed by atoms with Crippen molar-refractivity contribution in [3.05, 3.63) is 29.0 Å². The van der Waals surface area contributed by atoms with E-state index in [1.807, 2.05) is 20.8 Å². The maximum atomic E-state index is 9.84. The van der Waals surface area contributed by atoms with Crippen molar-refractivity contribution in [2.45, 2.75) is 32.8 Å². The predicted molar refractivity (Wildman–Crippen MR) is 75.7 cm³/mol. The summed E-state index contributed by atoms with van der Waals surface area (Å²) in [5.41, 5.74) is -0.198. The molecule has 1 atom stereocenters. The van der Waals surface area contributed by atoms with Crippen LogP contribution >= 0.6 is 11.6 Å². The Balaban J connectivity index is 2.40. The Morgan fingerprint density at radius 1 is 1.40 bits per heavy atom. The molecule has 0 spiro atoms. The Hall–Kier alpha value is -1.59. The first-order valence-corrected chi connectivity index (χ1v) is 6.85. The van der Waals surface area contributed by atoms with Gasteiger partial charge in [0.2, 0.25) is 5.82 Å². The van der Waals surface area contributed by atoms with Crippen molar-refractivity contribution in [2.75, 3.05) is 6.61 Å². The summed E-state index contributed by atoms with van der Waals surface area (Å²) in [6.45, 7) is 6.36. The number of halogens is 1. The largest absolute Gasteiger partial charge is 0.507 e. The van der Waals surface area contributed by atoms with Gasteiger partial charge in [-0.15, -0.1) is 0 Å². The normalized spacial score (nSPS) is 14.2. The fourth-order valence-electron chi connectivity index (χ4n) is 1.87. The molecule has 0 radical (unpaired) electrons. The zero-order valence-electron chi connectivity index (χ0n) is 11.7. The lowest BCUT2D eigenvalue weighted by Crippen LogP contribution is -2.26. The van der Waals surface area contributed by atoms with Crippen LogP contribution < -0.4 is 0 Å². The maximum absolute atomic E-state index is 9.84. The van der Waals surface area contributed by atoms with Crippen molar-refractivity contribution in [3.8, 4) is 17.2 Å². The Labute approximate surface area is 122 Å². The number of nitrogens with zero attached hydrogens (tertiary/aromatic N) is 2. The highest BCUT2D eigenvalue weighted by atomic mass is 35.5. The van der Waals surface area contributed by atoms with E-state index in [0.29, 0.717) is 29.4 Å². The molecule has 1 aromatic carbocycles. The van der Waals surface area contributed by atoms with E-state index >= 15 is 0 Å². The molecule has 1 N–H and O–H groups in total. The van der Waals surface area contributed by atoms with Crippen molar-refractivity contribution < 1.29 is 14.4 Å². The molecule has 5 nitrogen and oxygen atoms in total. The quantitative estimate of drug-likeness (QED) is 0.910. The predicted octanol–water partition coefficient (Wildman–Crippen LogP) is 3.76. The number of hydrogen-bond donors (Lipinski definition) is 1. The SMILES string of the molecule is CCOC(C)(CC)c1noc(-c2cc(Cl)ccc2O)n1. The molecule has 2 aromatic rings. The van der Waals surface area contributed by atoms with E-state index < -0.39 is 5.60 Å². The van der Waals surface area contributed by atoms with E-state index in [1.54, 1.807) is 12.1 Å². The number of phenolic OH excluding ortho intramolecular Hbond substituents is 1. The molecule has 0 saturated heterocycles. The Morgan fingerprint density at radius 2 is 2.15 bits per heavy atom. The van der Waals surface area contributed by atoms with Crippen LogP contribution in [0.3, 0.4) is 0 Å². The Morgan fingerprint density at radius 3 is 2.80 bits per heavy atom. The summed E-state index contributed by atoms with van der Waals surface area (Å²) in [4.78, 5) is 4.32. The van der Waals surface area contributed by atoms with Crippen LogP contribution in [0.2, 0.25) is 5.02 Å². The molecule has 6 heteroatoms. The van der Waals surface area contributed by atoms with E-state index in [1.165, 1.54) is 6.07 Å². The van der Waals surface area contributed by atoms with Crippen LogP contribution in [0.15, 0.2) is 22.7 Å². The lowest BCUT2D eigenvalue weighted by atomic mass is 10.0. The van der Waals surface area contributed by atoms with Crippen LogP contribution in [0, 0.1) is 0 Å². The van der Waals surface area contributed by atoms with Crippen molar-refractivity contribution >= 4 is 11.6 Å². The van der Waals surface area contributed by atoms with E-state index in [4.69, 9.17) is 20.9 Å². The zero-order valence-corrected chi connectivity index (χ0v) is 12.4. The number of aromatic nitrogens is 2. The topological polar surface area (TPSA) is 68.4 Å². The highest BCUT2D eigenvalue weighted by Gasteiger charge is 2.31. The molecular formula is C14H17ClN2O3. The molecule has 0 aliphatic heterocycles. The zero-order chi connectivity index (χ0) is 14.8. The third-order valence-electron chi connectivity index (χ3n) is 3.23. The van der Waals surface area contributed by atoms with Gasteiger partial charge in [-0.25, -0.2) is 0 Å². The van der Waals surface area contributed by atoms with Gasteiger partial charge in [-0.05, 0) is 38.5 Å².